The smallest absolute Gasteiger partial charge is 0.417 e. The lowest BCUT2D eigenvalue weighted by Crippen LogP contribution is -2.56. The Bertz CT molecular complexity index is 1340. The van der Waals surface area contributed by atoms with E-state index in [9.17, 15) is 27.6 Å². The number of carbonyl (C=O) groups is 3. The Morgan fingerprint density at radius 1 is 1.22 bits per heavy atom. The summed E-state index contributed by atoms with van der Waals surface area (Å²) in [6.45, 7) is 3.24. The Labute approximate surface area is 209 Å². The van der Waals surface area contributed by atoms with Crippen molar-refractivity contribution in [3.8, 4) is 6.07 Å². The second-order valence-corrected chi connectivity index (χ2v) is 9.74. The minimum Gasteiger partial charge on any atom is -0.445 e. The van der Waals surface area contributed by atoms with E-state index in [1.807, 2.05) is 0 Å². The van der Waals surface area contributed by atoms with Gasteiger partial charge in [0.05, 0.1) is 52.0 Å². The molecule has 3 amide bonds. The van der Waals surface area contributed by atoms with Gasteiger partial charge in [0.2, 0.25) is 11.8 Å². The van der Waals surface area contributed by atoms with Gasteiger partial charge in [0.15, 0.2) is 0 Å². The number of nitriles is 1. The van der Waals surface area contributed by atoms with Gasteiger partial charge >= 0.3 is 12.3 Å². The molecule has 5 atom stereocenters. The quantitative estimate of drug-likeness (QED) is 0.621. The van der Waals surface area contributed by atoms with Crippen LogP contribution >= 0.6 is 0 Å². The maximum absolute atomic E-state index is 13.5. The normalized spacial score (nSPS) is 30.3. The SMILES string of the molecule is C[C@@]12O[C@](C)(C[C@H]1NC(=O)OCc1ccncc1)[C@H]1C(=O)N(c3ccc(C#N)c(C(F)(F)F)c3)C(=O)[C@H]12. The molecule has 3 aliphatic rings. The highest BCUT2D eigenvalue weighted by Gasteiger charge is 2.76. The summed E-state index contributed by atoms with van der Waals surface area (Å²) in [7, 11) is 0. The first-order valence-corrected chi connectivity index (χ1v) is 11.4. The van der Waals surface area contributed by atoms with Gasteiger partial charge < -0.3 is 14.8 Å². The molecule has 3 fully saturated rings. The molecule has 3 aliphatic heterocycles. The van der Waals surface area contributed by atoms with Crippen LogP contribution in [0.3, 0.4) is 0 Å². The second-order valence-electron chi connectivity index (χ2n) is 9.74. The standard InChI is InChI=1S/C25H21F3N4O5/c1-23-10-17(31-22(35)36-12-13-5-7-30-8-6-13)24(2,37-23)19-18(23)20(33)32(21(19)34)15-4-3-14(11-29)16(9-15)25(26,27)28/h3-9,17-19H,10,12H2,1-2H3,(H,31,35)/t17-,18-,19+,23-,24-/m1/s1. The zero-order valence-electron chi connectivity index (χ0n) is 19.7. The number of hydrogen-bond donors (Lipinski definition) is 1. The van der Waals surface area contributed by atoms with Crippen LogP contribution in [0.4, 0.5) is 23.7 Å². The molecule has 9 nitrogen and oxygen atoms in total. The number of aromatic nitrogens is 1. The molecule has 5 rings (SSSR count). The molecule has 1 aromatic carbocycles. The molecule has 37 heavy (non-hydrogen) atoms. The predicted octanol–water partition coefficient (Wildman–Crippen LogP) is 3.32. The van der Waals surface area contributed by atoms with Crippen LogP contribution in [0.2, 0.25) is 0 Å². The number of anilines is 1. The molecule has 1 aromatic heterocycles. The summed E-state index contributed by atoms with van der Waals surface area (Å²) < 4.78 is 52.0. The molecule has 4 heterocycles. The topological polar surface area (TPSA) is 122 Å². The largest absolute Gasteiger partial charge is 0.445 e. The fourth-order valence-electron chi connectivity index (χ4n) is 5.82. The van der Waals surface area contributed by atoms with E-state index in [1.165, 1.54) is 6.07 Å². The Morgan fingerprint density at radius 3 is 2.54 bits per heavy atom. The monoisotopic (exact) mass is 514 g/mol. The first-order valence-electron chi connectivity index (χ1n) is 11.4. The summed E-state index contributed by atoms with van der Waals surface area (Å²) in [5.74, 6) is -3.39. The van der Waals surface area contributed by atoms with Crippen molar-refractivity contribution < 1.29 is 37.0 Å². The van der Waals surface area contributed by atoms with Crippen LogP contribution in [0.1, 0.15) is 37.0 Å². The zero-order valence-corrected chi connectivity index (χ0v) is 19.7. The van der Waals surface area contributed by atoms with E-state index >= 15 is 0 Å². The lowest BCUT2D eigenvalue weighted by atomic mass is 9.66. The fourth-order valence-corrected chi connectivity index (χ4v) is 5.82. The number of hydrogen-bond acceptors (Lipinski definition) is 7. The van der Waals surface area contributed by atoms with Crippen LogP contribution in [0.5, 0.6) is 0 Å². The molecule has 0 spiro atoms. The van der Waals surface area contributed by atoms with Crippen molar-refractivity contribution in [3.63, 3.8) is 0 Å². The van der Waals surface area contributed by atoms with E-state index < -0.39 is 64.3 Å². The van der Waals surface area contributed by atoms with E-state index in [2.05, 4.69) is 10.3 Å². The molecule has 0 saturated carbocycles. The third kappa shape index (κ3) is 3.81. The minimum atomic E-state index is -4.85. The summed E-state index contributed by atoms with van der Waals surface area (Å²) in [5.41, 5.74) is -3.84. The molecule has 2 aromatic rings. The number of rotatable bonds is 4. The molecule has 3 saturated heterocycles. The molecule has 0 unspecified atom stereocenters. The Hall–Kier alpha value is -3.98. The van der Waals surface area contributed by atoms with E-state index in [0.717, 1.165) is 22.6 Å². The van der Waals surface area contributed by atoms with Crippen LogP contribution in [-0.4, -0.2) is 40.1 Å². The number of fused-ring (bicyclic) bond motifs is 5. The molecule has 0 aliphatic carbocycles. The molecule has 2 bridgehead atoms. The molecule has 0 radical (unpaired) electrons. The van der Waals surface area contributed by atoms with Crippen LogP contribution < -0.4 is 10.2 Å². The number of nitrogens with one attached hydrogen (secondary N) is 1. The van der Waals surface area contributed by atoms with Gasteiger partial charge in [0, 0.05) is 18.8 Å². The summed E-state index contributed by atoms with van der Waals surface area (Å²) >= 11 is 0. The van der Waals surface area contributed by atoms with Crippen molar-refractivity contribution in [1.29, 1.82) is 5.26 Å². The molecular formula is C25H21F3N4O5. The molecule has 192 valence electrons. The number of alkyl carbamates (subject to hydrolysis) is 1. The Morgan fingerprint density at radius 2 is 1.89 bits per heavy atom. The van der Waals surface area contributed by atoms with Crippen molar-refractivity contribution in [2.24, 2.45) is 11.8 Å². The lowest BCUT2D eigenvalue weighted by Gasteiger charge is -2.35. The fraction of sp³-hybridized carbons (Fsp3) is 0.400. The summed E-state index contributed by atoms with van der Waals surface area (Å²) in [6.07, 6.45) is -2.28. The average Bonchev–Trinajstić information content (AvgIpc) is 3.37. The number of carbonyl (C=O) groups excluding carboxylic acids is 3. The van der Waals surface area contributed by atoms with Gasteiger partial charge in [-0.15, -0.1) is 0 Å². The number of ether oxygens (including phenoxy) is 2. The summed E-state index contributed by atoms with van der Waals surface area (Å²) in [5, 5.41) is 11.8. The third-order valence-corrected chi connectivity index (χ3v) is 7.43. The minimum absolute atomic E-state index is 0.00656. The van der Waals surface area contributed by atoms with E-state index in [4.69, 9.17) is 14.7 Å². The second kappa shape index (κ2) is 8.27. The van der Waals surface area contributed by atoms with Gasteiger partial charge in [0.1, 0.15) is 6.61 Å². The highest BCUT2D eigenvalue weighted by molar-refractivity contribution is 6.23. The van der Waals surface area contributed by atoms with Gasteiger partial charge in [-0.25, -0.2) is 9.69 Å². The molecule has 1 N–H and O–H groups in total. The van der Waals surface area contributed by atoms with E-state index in [1.54, 1.807) is 38.4 Å². The highest BCUT2D eigenvalue weighted by Crippen LogP contribution is 2.61. The number of halogens is 3. The van der Waals surface area contributed by atoms with Crippen LogP contribution in [-0.2, 0) is 31.8 Å². The van der Waals surface area contributed by atoms with E-state index in [-0.39, 0.29) is 18.7 Å². The van der Waals surface area contributed by atoms with Gasteiger partial charge in [0.25, 0.3) is 0 Å². The first-order chi connectivity index (χ1) is 17.4. The van der Waals surface area contributed by atoms with Gasteiger partial charge in [-0.3, -0.25) is 14.6 Å². The zero-order chi connectivity index (χ0) is 26.8. The van der Waals surface area contributed by atoms with Crippen molar-refractivity contribution in [1.82, 2.24) is 10.3 Å². The Kier molecular flexibility index (Phi) is 5.52. The van der Waals surface area contributed by atoms with Crippen molar-refractivity contribution in [3.05, 3.63) is 59.4 Å². The van der Waals surface area contributed by atoms with E-state index in [0.29, 0.717) is 6.07 Å². The summed E-state index contributed by atoms with van der Waals surface area (Å²) in [4.78, 5) is 44.1. The van der Waals surface area contributed by atoms with Crippen molar-refractivity contribution >= 4 is 23.6 Å². The highest BCUT2D eigenvalue weighted by atomic mass is 19.4. The first kappa shape index (κ1) is 24.7. The van der Waals surface area contributed by atoms with Gasteiger partial charge in [-0.2, -0.15) is 18.4 Å². The summed E-state index contributed by atoms with van der Waals surface area (Å²) in [6, 6.07) is 6.88. The van der Waals surface area contributed by atoms with Crippen LogP contribution in [0.25, 0.3) is 0 Å². The molecule has 12 heteroatoms. The van der Waals surface area contributed by atoms with Crippen LogP contribution in [0, 0.1) is 23.2 Å². The number of nitrogens with zero attached hydrogens (tertiary/aromatic N) is 3. The Balaban J connectivity index is 1.39. The maximum Gasteiger partial charge on any atom is 0.417 e. The third-order valence-electron chi connectivity index (χ3n) is 7.43. The number of benzene rings is 1. The number of alkyl halides is 3. The number of imide groups is 1. The maximum atomic E-state index is 13.5. The number of pyridine rings is 1. The van der Waals surface area contributed by atoms with Gasteiger partial charge in [-0.05, 0) is 49.7 Å². The van der Waals surface area contributed by atoms with Crippen LogP contribution in [0.15, 0.2) is 42.7 Å². The lowest BCUT2D eigenvalue weighted by molar-refractivity contribution is -0.138. The van der Waals surface area contributed by atoms with Gasteiger partial charge in [-0.1, -0.05) is 0 Å². The molecular weight excluding hydrogens is 493 g/mol. The average molecular weight is 514 g/mol. The number of amides is 3. The van der Waals surface area contributed by atoms with Crippen molar-refractivity contribution in [2.75, 3.05) is 4.90 Å². The predicted molar refractivity (Wildman–Crippen MR) is 119 cm³/mol. The van der Waals surface area contributed by atoms with Crippen molar-refractivity contribution in [2.45, 2.75) is 50.3 Å².